The van der Waals surface area contributed by atoms with E-state index >= 15 is 0 Å². The van der Waals surface area contributed by atoms with E-state index < -0.39 is 0 Å². The van der Waals surface area contributed by atoms with Crippen LogP contribution in [0.15, 0.2) is 77.2 Å². The maximum atomic E-state index is 6.01. The highest BCUT2D eigenvalue weighted by molar-refractivity contribution is 5.68. The van der Waals surface area contributed by atoms with E-state index in [2.05, 4.69) is 60.4 Å². The molecule has 4 aromatic rings. The van der Waals surface area contributed by atoms with Crippen LogP contribution >= 0.6 is 0 Å². The SMILES string of the molecule is CCCCCc1ccc(-c2ccc(-c3nnc(-c4ccc(OCCCCCCOCC5(C)COC5)cc4)o3)cc2)cc1. The highest BCUT2D eigenvalue weighted by atomic mass is 16.5. The zero-order chi connectivity index (χ0) is 29.0. The molecule has 1 fully saturated rings. The van der Waals surface area contributed by atoms with Crippen LogP contribution in [0.25, 0.3) is 34.0 Å². The number of rotatable bonds is 17. The molecule has 0 atom stereocenters. The Morgan fingerprint density at radius 1 is 0.667 bits per heavy atom. The van der Waals surface area contributed by atoms with Gasteiger partial charge in [0.05, 0.1) is 26.4 Å². The summed E-state index contributed by atoms with van der Waals surface area (Å²) in [6, 6.07) is 25.0. The van der Waals surface area contributed by atoms with Crippen molar-refractivity contribution in [2.75, 3.05) is 33.0 Å². The Balaban J connectivity index is 1.03. The lowest BCUT2D eigenvalue weighted by molar-refractivity contribution is -0.137. The molecular weight excluding hydrogens is 524 g/mol. The number of hydrogen-bond acceptors (Lipinski definition) is 6. The molecule has 0 saturated carbocycles. The molecule has 1 aliphatic rings. The Morgan fingerprint density at radius 3 is 1.83 bits per heavy atom. The molecule has 1 aliphatic heterocycles. The zero-order valence-corrected chi connectivity index (χ0v) is 25.1. The second-order valence-corrected chi connectivity index (χ2v) is 11.8. The summed E-state index contributed by atoms with van der Waals surface area (Å²) in [5, 5.41) is 8.57. The standard InChI is InChI=1S/C36H44N2O4/c1-3-4-7-10-28-11-13-29(14-12-28)30-15-17-31(18-16-30)34-37-38-35(42-34)32-19-21-33(22-20-32)41-24-9-6-5-8-23-39-25-36(2)26-40-27-36/h11-22H,3-10,23-27H2,1-2H3. The number of aryl methyl sites for hydroxylation is 1. The fourth-order valence-corrected chi connectivity index (χ4v) is 5.10. The van der Waals surface area contributed by atoms with E-state index in [1.54, 1.807) is 0 Å². The van der Waals surface area contributed by atoms with Crippen LogP contribution in [-0.2, 0) is 15.9 Å². The smallest absolute Gasteiger partial charge is 0.248 e. The maximum Gasteiger partial charge on any atom is 0.248 e. The molecule has 222 valence electrons. The molecule has 3 aromatic carbocycles. The minimum Gasteiger partial charge on any atom is -0.494 e. The van der Waals surface area contributed by atoms with Gasteiger partial charge in [0.2, 0.25) is 11.8 Å². The number of ether oxygens (including phenoxy) is 3. The number of benzene rings is 3. The molecule has 6 nitrogen and oxygen atoms in total. The molecule has 0 bridgehead atoms. The second-order valence-electron chi connectivity index (χ2n) is 11.8. The van der Waals surface area contributed by atoms with Gasteiger partial charge in [0.1, 0.15) is 5.75 Å². The predicted molar refractivity (Wildman–Crippen MR) is 168 cm³/mol. The summed E-state index contributed by atoms with van der Waals surface area (Å²) >= 11 is 0. The van der Waals surface area contributed by atoms with Gasteiger partial charge in [-0.1, -0.05) is 69.5 Å². The van der Waals surface area contributed by atoms with Crippen LogP contribution in [0, 0.1) is 5.41 Å². The molecule has 0 radical (unpaired) electrons. The summed E-state index contributed by atoms with van der Waals surface area (Å²) in [4.78, 5) is 0. The average molecular weight is 569 g/mol. The zero-order valence-electron chi connectivity index (χ0n) is 25.1. The molecule has 1 aromatic heterocycles. The van der Waals surface area contributed by atoms with Gasteiger partial charge in [0, 0.05) is 23.1 Å². The molecule has 5 rings (SSSR count). The Hall–Kier alpha value is -3.48. The molecule has 0 N–H and O–H groups in total. The Bertz CT molecular complexity index is 1340. The normalized spacial score (nSPS) is 14.0. The molecule has 0 aliphatic carbocycles. The Kier molecular flexibility index (Phi) is 10.8. The molecule has 42 heavy (non-hydrogen) atoms. The van der Waals surface area contributed by atoms with E-state index in [9.17, 15) is 0 Å². The van der Waals surface area contributed by atoms with Crippen molar-refractivity contribution < 1.29 is 18.6 Å². The average Bonchev–Trinajstić information content (AvgIpc) is 3.51. The van der Waals surface area contributed by atoms with Gasteiger partial charge < -0.3 is 18.6 Å². The van der Waals surface area contributed by atoms with Crippen LogP contribution in [-0.4, -0.2) is 43.2 Å². The highest BCUT2D eigenvalue weighted by Crippen LogP contribution is 2.29. The van der Waals surface area contributed by atoms with Crippen molar-refractivity contribution in [3.05, 3.63) is 78.4 Å². The summed E-state index contributed by atoms with van der Waals surface area (Å²) < 4.78 is 23.0. The number of hydrogen-bond donors (Lipinski definition) is 0. The van der Waals surface area contributed by atoms with Gasteiger partial charge in [-0.05, 0) is 85.2 Å². The van der Waals surface area contributed by atoms with Gasteiger partial charge in [-0.2, -0.15) is 0 Å². The van der Waals surface area contributed by atoms with Crippen LogP contribution in [0.3, 0.4) is 0 Å². The van der Waals surface area contributed by atoms with Crippen molar-refractivity contribution >= 4 is 0 Å². The van der Waals surface area contributed by atoms with E-state index in [0.29, 0.717) is 18.4 Å². The van der Waals surface area contributed by atoms with Crippen LogP contribution in [0.4, 0.5) is 0 Å². The van der Waals surface area contributed by atoms with Gasteiger partial charge in [-0.3, -0.25) is 0 Å². The lowest BCUT2D eigenvalue weighted by Crippen LogP contribution is -2.43. The molecule has 0 unspecified atom stereocenters. The Morgan fingerprint density at radius 2 is 1.24 bits per heavy atom. The van der Waals surface area contributed by atoms with Gasteiger partial charge >= 0.3 is 0 Å². The number of nitrogens with zero attached hydrogens (tertiary/aromatic N) is 2. The van der Waals surface area contributed by atoms with Crippen molar-refractivity contribution in [1.29, 1.82) is 0 Å². The fraction of sp³-hybridized carbons (Fsp3) is 0.444. The molecule has 2 heterocycles. The van der Waals surface area contributed by atoms with E-state index in [0.717, 1.165) is 75.4 Å². The monoisotopic (exact) mass is 568 g/mol. The molecule has 6 heteroatoms. The van der Waals surface area contributed by atoms with Crippen LogP contribution in [0.2, 0.25) is 0 Å². The minimum absolute atomic E-state index is 0.239. The molecule has 1 saturated heterocycles. The first-order chi connectivity index (χ1) is 20.6. The summed E-state index contributed by atoms with van der Waals surface area (Å²) in [5.74, 6) is 1.86. The van der Waals surface area contributed by atoms with Crippen molar-refractivity contribution in [3.63, 3.8) is 0 Å². The fourth-order valence-electron chi connectivity index (χ4n) is 5.10. The van der Waals surface area contributed by atoms with Crippen molar-refractivity contribution in [2.24, 2.45) is 5.41 Å². The van der Waals surface area contributed by atoms with Crippen molar-refractivity contribution in [2.45, 2.75) is 65.2 Å². The van der Waals surface area contributed by atoms with Gasteiger partial charge in [-0.25, -0.2) is 0 Å². The summed E-state index contributed by atoms with van der Waals surface area (Å²) in [6.45, 7) is 8.45. The van der Waals surface area contributed by atoms with Crippen molar-refractivity contribution in [3.8, 4) is 39.8 Å². The van der Waals surface area contributed by atoms with Gasteiger partial charge in [-0.15, -0.1) is 10.2 Å². The topological polar surface area (TPSA) is 66.6 Å². The first-order valence-electron chi connectivity index (χ1n) is 15.5. The quantitative estimate of drug-likeness (QED) is 0.119. The summed E-state index contributed by atoms with van der Waals surface area (Å²) in [6.07, 6.45) is 9.36. The van der Waals surface area contributed by atoms with Crippen LogP contribution < -0.4 is 4.74 Å². The van der Waals surface area contributed by atoms with E-state index in [4.69, 9.17) is 18.6 Å². The van der Waals surface area contributed by atoms with Crippen LogP contribution in [0.1, 0.15) is 64.4 Å². The third kappa shape index (κ3) is 8.52. The second kappa shape index (κ2) is 15.1. The number of aromatic nitrogens is 2. The minimum atomic E-state index is 0.239. The Labute approximate surface area is 250 Å². The lowest BCUT2D eigenvalue weighted by Gasteiger charge is -2.37. The first-order valence-corrected chi connectivity index (χ1v) is 15.5. The van der Waals surface area contributed by atoms with E-state index in [1.807, 2.05) is 36.4 Å². The molecule has 0 amide bonds. The van der Waals surface area contributed by atoms with E-state index in [-0.39, 0.29) is 5.41 Å². The number of unbranched alkanes of at least 4 members (excludes halogenated alkanes) is 5. The van der Waals surface area contributed by atoms with Gasteiger partial charge in [0.15, 0.2) is 0 Å². The summed E-state index contributed by atoms with van der Waals surface area (Å²) in [5.41, 5.74) is 5.81. The highest BCUT2D eigenvalue weighted by Gasteiger charge is 2.33. The lowest BCUT2D eigenvalue weighted by atomic mass is 9.90. The first kappa shape index (κ1) is 30.0. The van der Waals surface area contributed by atoms with Crippen LogP contribution in [0.5, 0.6) is 5.75 Å². The third-order valence-electron chi connectivity index (χ3n) is 7.82. The van der Waals surface area contributed by atoms with E-state index in [1.165, 1.54) is 36.0 Å². The predicted octanol–water partition coefficient (Wildman–Crippen LogP) is 8.80. The molecular formula is C36H44N2O4. The van der Waals surface area contributed by atoms with Gasteiger partial charge in [0.25, 0.3) is 0 Å². The van der Waals surface area contributed by atoms with Crippen molar-refractivity contribution in [1.82, 2.24) is 10.2 Å². The summed E-state index contributed by atoms with van der Waals surface area (Å²) in [7, 11) is 0. The maximum absolute atomic E-state index is 6.01. The largest absolute Gasteiger partial charge is 0.494 e. The molecule has 0 spiro atoms. The third-order valence-corrected chi connectivity index (χ3v) is 7.82.